The van der Waals surface area contributed by atoms with Gasteiger partial charge in [-0.25, -0.2) is 0 Å². The molecule has 0 aliphatic heterocycles. The van der Waals surface area contributed by atoms with Gasteiger partial charge in [-0.05, 0) is 35.0 Å². The van der Waals surface area contributed by atoms with Crippen LogP contribution in [-0.4, -0.2) is 32.8 Å². The van der Waals surface area contributed by atoms with Gasteiger partial charge in [-0.2, -0.15) is 0 Å². The predicted molar refractivity (Wildman–Crippen MR) is 72.0 cm³/mol. The lowest BCUT2D eigenvalue weighted by Gasteiger charge is -2.12. The summed E-state index contributed by atoms with van der Waals surface area (Å²) in [6.07, 6.45) is 0.267. The van der Waals surface area contributed by atoms with E-state index in [9.17, 15) is 0 Å². The van der Waals surface area contributed by atoms with E-state index in [1.54, 1.807) is 7.11 Å². The van der Waals surface area contributed by atoms with E-state index in [4.69, 9.17) is 4.74 Å². The molecule has 1 rings (SSSR count). The van der Waals surface area contributed by atoms with Gasteiger partial charge in [0.2, 0.25) is 0 Å². The first-order valence-corrected chi connectivity index (χ1v) is 6.25. The Labute approximate surface area is 106 Å². The summed E-state index contributed by atoms with van der Waals surface area (Å²) in [5.41, 5.74) is 1.13. The molecule has 1 aromatic rings. The molecule has 0 amide bonds. The summed E-state index contributed by atoms with van der Waals surface area (Å²) in [6, 6.07) is 8.12. The number of rotatable bonds is 7. The number of anilines is 1. The van der Waals surface area contributed by atoms with Gasteiger partial charge in [0.25, 0.3) is 0 Å². The van der Waals surface area contributed by atoms with Crippen molar-refractivity contribution in [1.82, 2.24) is 5.32 Å². The highest BCUT2D eigenvalue weighted by atomic mass is 79.9. The van der Waals surface area contributed by atoms with Crippen LogP contribution < -0.4 is 10.6 Å². The van der Waals surface area contributed by atoms with Gasteiger partial charge >= 0.3 is 0 Å². The first-order valence-electron chi connectivity index (χ1n) is 5.46. The molecule has 0 aliphatic carbocycles. The molecule has 0 aromatic heterocycles. The molecule has 0 bridgehead atoms. The Kier molecular flexibility index (Phi) is 6.45. The molecule has 16 heavy (non-hydrogen) atoms. The minimum atomic E-state index is 0.267. The maximum Gasteiger partial charge on any atom is 0.0667 e. The average Bonchev–Trinajstić information content (AvgIpc) is 2.30. The van der Waals surface area contributed by atoms with Gasteiger partial charge in [-0.15, -0.1) is 0 Å². The summed E-state index contributed by atoms with van der Waals surface area (Å²) in [6.45, 7) is 4.76. The van der Waals surface area contributed by atoms with E-state index in [1.807, 2.05) is 25.1 Å². The van der Waals surface area contributed by atoms with Gasteiger partial charge in [-0.1, -0.05) is 12.1 Å². The van der Waals surface area contributed by atoms with Crippen molar-refractivity contribution < 1.29 is 4.74 Å². The van der Waals surface area contributed by atoms with Gasteiger partial charge in [0.15, 0.2) is 0 Å². The molecule has 2 N–H and O–H groups in total. The Bertz CT molecular complexity index is 307. The number of halogens is 1. The lowest BCUT2D eigenvalue weighted by Crippen LogP contribution is -2.30. The molecule has 0 heterocycles. The minimum Gasteiger partial charge on any atom is -0.383 e. The normalized spacial score (nSPS) is 12.4. The van der Waals surface area contributed by atoms with E-state index < -0.39 is 0 Å². The van der Waals surface area contributed by atoms with Gasteiger partial charge in [-0.3, -0.25) is 0 Å². The average molecular weight is 287 g/mol. The van der Waals surface area contributed by atoms with Crippen LogP contribution in [0.25, 0.3) is 0 Å². The summed E-state index contributed by atoms with van der Waals surface area (Å²) < 4.78 is 6.24. The molecule has 4 heteroatoms. The minimum absolute atomic E-state index is 0.267. The molecule has 0 spiro atoms. The van der Waals surface area contributed by atoms with Crippen LogP contribution in [0.3, 0.4) is 0 Å². The van der Waals surface area contributed by atoms with Crippen LogP contribution in [-0.2, 0) is 4.74 Å². The van der Waals surface area contributed by atoms with Gasteiger partial charge in [0.1, 0.15) is 0 Å². The quantitative estimate of drug-likeness (QED) is 0.756. The highest BCUT2D eigenvalue weighted by Crippen LogP contribution is 2.20. The zero-order valence-corrected chi connectivity index (χ0v) is 11.4. The van der Waals surface area contributed by atoms with Crippen molar-refractivity contribution in [2.24, 2.45) is 0 Å². The first kappa shape index (κ1) is 13.5. The molecule has 0 radical (unpaired) electrons. The predicted octanol–water partition coefficient (Wildman–Crippen LogP) is 2.49. The van der Waals surface area contributed by atoms with Crippen LogP contribution >= 0.6 is 15.9 Å². The lowest BCUT2D eigenvalue weighted by atomic mass is 10.3. The number of benzene rings is 1. The van der Waals surface area contributed by atoms with Crippen molar-refractivity contribution in [1.29, 1.82) is 0 Å². The fraction of sp³-hybridized carbons (Fsp3) is 0.500. The van der Waals surface area contributed by atoms with E-state index in [0.29, 0.717) is 0 Å². The third-order valence-corrected chi connectivity index (χ3v) is 3.02. The number of ether oxygens (including phenoxy) is 1. The van der Waals surface area contributed by atoms with E-state index in [2.05, 4.69) is 32.6 Å². The van der Waals surface area contributed by atoms with Crippen LogP contribution in [0.1, 0.15) is 6.92 Å². The number of nitrogens with one attached hydrogen (secondary N) is 2. The molecule has 0 fully saturated rings. The zero-order valence-electron chi connectivity index (χ0n) is 9.79. The van der Waals surface area contributed by atoms with Crippen molar-refractivity contribution in [3.05, 3.63) is 28.7 Å². The largest absolute Gasteiger partial charge is 0.383 e. The SMILES string of the molecule is COC(C)CNCCNc1ccccc1Br. The van der Waals surface area contributed by atoms with Crippen molar-refractivity contribution in [2.75, 3.05) is 32.1 Å². The highest BCUT2D eigenvalue weighted by Gasteiger charge is 1.98. The number of hydrogen-bond donors (Lipinski definition) is 2. The third-order valence-electron chi connectivity index (χ3n) is 2.33. The van der Waals surface area contributed by atoms with Gasteiger partial charge in [0, 0.05) is 36.9 Å². The molecule has 3 nitrogen and oxygen atoms in total. The zero-order chi connectivity index (χ0) is 11.8. The fourth-order valence-corrected chi connectivity index (χ4v) is 1.70. The topological polar surface area (TPSA) is 33.3 Å². The van der Waals surface area contributed by atoms with E-state index in [0.717, 1.165) is 29.8 Å². The Morgan fingerprint density at radius 1 is 1.31 bits per heavy atom. The van der Waals surface area contributed by atoms with Gasteiger partial charge in [0.05, 0.1) is 6.10 Å². The van der Waals surface area contributed by atoms with Gasteiger partial charge < -0.3 is 15.4 Å². The summed E-state index contributed by atoms with van der Waals surface area (Å²) in [4.78, 5) is 0. The fourth-order valence-electron chi connectivity index (χ4n) is 1.28. The van der Waals surface area contributed by atoms with Crippen LogP contribution in [0.4, 0.5) is 5.69 Å². The van der Waals surface area contributed by atoms with Crippen molar-refractivity contribution in [3.63, 3.8) is 0 Å². The van der Waals surface area contributed by atoms with Crippen molar-refractivity contribution in [2.45, 2.75) is 13.0 Å². The van der Waals surface area contributed by atoms with E-state index >= 15 is 0 Å². The molecule has 1 atom stereocenters. The molecule has 0 aliphatic rings. The summed E-state index contributed by atoms with van der Waals surface area (Å²) >= 11 is 3.50. The van der Waals surface area contributed by atoms with E-state index in [-0.39, 0.29) is 6.10 Å². The number of methoxy groups -OCH3 is 1. The van der Waals surface area contributed by atoms with Crippen LogP contribution in [0.5, 0.6) is 0 Å². The lowest BCUT2D eigenvalue weighted by molar-refractivity contribution is 0.117. The molecule has 1 unspecified atom stereocenters. The molecule has 90 valence electrons. The van der Waals surface area contributed by atoms with Crippen molar-refractivity contribution in [3.8, 4) is 0 Å². The maximum atomic E-state index is 5.14. The Hall–Kier alpha value is -0.580. The molecule has 0 saturated heterocycles. The summed E-state index contributed by atoms with van der Waals surface area (Å²) in [7, 11) is 1.73. The van der Waals surface area contributed by atoms with Crippen molar-refractivity contribution >= 4 is 21.6 Å². The molecule has 1 aromatic carbocycles. The van der Waals surface area contributed by atoms with Crippen LogP contribution in [0, 0.1) is 0 Å². The third kappa shape index (κ3) is 4.96. The standard InChI is InChI=1S/C12H19BrN2O/c1-10(16-2)9-14-7-8-15-12-6-4-3-5-11(12)13/h3-6,10,14-15H,7-9H2,1-2H3. The molecular weight excluding hydrogens is 268 g/mol. The summed E-state index contributed by atoms with van der Waals surface area (Å²) in [5, 5.41) is 6.68. The first-order chi connectivity index (χ1) is 7.74. The Balaban J connectivity index is 2.14. The molecule has 0 saturated carbocycles. The molecular formula is C12H19BrN2O. The second-order valence-electron chi connectivity index (χ2n) is 3.66. The van der Waals surface area contributed by atoms with Crippen LogP contribution in [0.2, 0.25) is 0 Å². The highest BCUT2D eigenvalue weighted by molar-refractivity contribution is 9.10. The summed E-state index contributed by atoms with van der Waals surface area (Å²) in [5.74, 6) is 0. The Morgan fingerprint density at radius 2 is 2.06 bits per heavy atom. The van der Waals surface area contributed by atoms with E-state index in [1.165, 1.54) is 0 Å². The number of para-hydroxylation sites is 1. The second kappa shape index (κ2) is 7.65. The Morgan fingerprint density at radius 3 is 2.75 bits per heavy atom. The maximum absolute atomic E-state index is 5.14. The smallest absolute Gasteiger partial charge is 0.0667 e. The van der Waals surface area contributed by atoms with Crippen LogP contribution in [0.15, 0.2) is 28.7 Å². The number of hydrogen-bond acceptors (Lipinski definition) is 3. The second-order valence-corrected chi connectivity index (χ2v) is 4.51. The monoisotopic (exact) mass is 286 g/mol.